The number of morpholine rings is 1. The van der Waals surface area contributed by atoms with Gasteiger partial charge in [-0.3, -0.25) is 4.90 Å². The van der Waals surface area contributed by atoms with Crippen LogP contribution in [0.5, 0.6) is 0 Å². The van der Waals surface area contributed by atoms with E-state index < -0.39 is 0 Å². The average Bonchev–Trinajstić information content (AvgIpc) is 3.12. The number of anilines is 1. The van der Waals surface area contributed by atoms with E-state index in [-0.39, 0.29) is 12.1 Å². The monoisotopic (exact) mass is 345 g/mol. The van der Waals surface area contributed by atoms with Gasteiger partial charge in [-0.2, -0.15) is 11.3 Å². The molecular formula is C18H23N3O2S. The minimum absolute atomic E-state index is 0.174. The van der Waals surface area contributed by atoms with Crippen LogP contribution in [0, 0.1) is 6.92 Å². The average molecular weight is 345 g/mol. The van der Waals surface area contributed by atoms with Crippen molar-refractivity contribution in [2.24, 2.45) is 0 Å². The van der Waals surface area contributed by atoms with Gasteiger partial charge in [-0.05, 0) is 41.4 Å². The maximum Gasteiger partial charge on any atom is 0.319 e. The third kappa shape index (κ3) is 4.56. The summed E-state index contributed by atoms with van der Waals surface area (Å²) in [5.41, 5.74) is 3.22. The predicted octanol–water partition coefficient (Wildman–Crippen LogP) is 3.25. The summed E-state index contributed by atoms with van der Waals surface area (Å²) in [6.07, 6.45) is 0. The van der Waals surface area contributed by atoms with Gasteiger partial charge < -0.3 is 15.4 Å². The second-order valence-electron chi connectivity index (χ2n) is 5.92. The smallest absolute Gasteiger partial charge is 0.319 e. The van der Waals surface area contributed by atoms with Crippen LogP contribution in [-0.4, -0.2) is 43.8 Å². The van der Waals surface area contributed by atoms with Crippen LogP contribution in [0.3, 0.4) is 0 Å². The molecule has 0 radical (unpaired) electrons. The van der Waals surface area contributed by atoms with E-state index in [2.05, 4.69) is 32.4 Å². The molecule has 3 rings (SSSR count). The molecule has 0 unspecified atom stereocenters. The minimum atomic E-state index is -0.174. The van der Waals surface area contributed by atoms with Gasteiger partial charge in [0.1, 0.15) is 0 Å². The lowest BCUT2D eigenvalue weighted by atomic mass is 10.1. The molecule has 1 aromatic carbocycles. The Balaban J connectivity index is 1.58. The number of amides is 2. The fraction of sp³-hybridized carbons (Fsp3) is 0.389. The summed E-state index contributed by atoms with van der Waals surface area (Å²) in [5.74, 6) is 0. The Labute approximate surface area is 146 Å². The second-order valence-corrected chi connectivity index (χ2v) is 6.70. The molecule has 128 valence electrons. The highest BCUT2D eigenvalue weighted by Gasteiger charge is 2.23. The topological polar surface area (TPSA) is 53.6 Å². The van der Waals surface area contributed by atoms with Gasteiger partial charge in [-0.15, -0.1) is 0 Å². The molecule has 6 heteroatoms. The van der Waals surface area contributed by atoms with Crippen LogP contribution in [0.1, 0.15) is 17.2 Å². The molecule has 2 N–H and O–H groups in total. The van der Waals surface area contributed by atoms with Gasteiger partial charge in [0.05, 0.1) is 19.3 Å². The Morgan fingerprint density at radius 1 is 1.25 bits per heavy atom. The predicted molar refractivity (Wildman–Crippen MR) is 97.7 cm³/mol. The van der Waals surface area contributed by atoms with Crippen LogP contribution >= 0.6 is 11.3 Å². The molecule has 2 heterocycles. The quantitative estimate of drug-likeness (QED) is 0.875. The number of ether oxygens (including phenoxy) is 1. The Kier molecular flexibility index (Phi) is 5.85. The summed E-state index contributed by atoms with van der Waals surface area (Å²) in [6, 6.07) is 9.93. The van der Waals surface area contributed by atoms with Gasteiger partial charge in [0, 0.05) is 25.3 Å². The number of nitrogens with one attached hydrogen (secondary N) is 2. The van der Waals surface area contributed by atoms with Crippen LogP contribution in [0.15, 0.2) is 41.1 Å². The van der Waals surface area contributed by atoms with Crippen molar-refractivity contribution in [3.63, 3.8) is 0 Å². The van der Waals surface area contributed by atoms with Crippen molar-refractivity contribution in [3.8, 4) is 0 Å². The fourth-order valence-electron chi connectivity index (χ4n) is 2.81. The molecule has 2 aromatic rings. The number of carbonyl (C=O) groups excluding carboxylic acids is 1. The fourth-order valence-corrected chi connectivity index (χ4v) is 3.52. The standard InChI is InChI=1S/C18H23N3O2S/c1-14-2-4-16(5-3-14)20-18(22)19-12-17(15-6-11-24-13-15)21-7-9-23-10-8-21/h2-6,11,13,17H,7-10,12H2,1H3,(H2,19,20,22)/t17-/m1/s1. The summed E-state index contributed by atoms with van der Waals surface area (Å²) >= 11 is 1.68. The summed E-state index contributed by atoms with van der Waals surface area (Å²) < 4.78 is 5.44. The van der Waals surface area contributed by atoms with Crippen molar-refractivity contribution < 1.29 is 9.53 Å². The van der Waals surface area contributed by atoms with E-state index in [4.69, 9.17) is 4.74 Å². The van der Waals surface area contributed by atoms with E-state index in [1.54, 1.807) is 11.3 Å². The molecule has 1 aliphatic heterocycles. The van der Waals surface area contributed by atoms with Crippen molar-refractivity contribution in [2.75, 3.05) is 38.2 Å². The van der Waals surface area contributed by atoms with Gasteiger partial charge >= 0.3 is 6.03 Å². The lowest BCUT2D eigenvalue weighted by Crippen LogP contribution is -2.44. The van der Waals surface area contributed by atoms with Gasteiger partial charge in [0.2, 0.25) is 0 Å². The van der Waals surface area contributed by atoms with E-state index in [1.165, 1.54) is 11.1 Å². The van der Waals surface area contributed by atoms with Gasteiger partial charge in [-0.25, -0.2) is 4.79 Å². The summed E-state index contributed by atoms with van der Waals surface area (Å²) in [6.45, 7) is 5.88. The molecule has 1 fully saturated rings. The van der Waals surface area contributed by atoms with Gasteiger partial charge in [-0.1, -0.05) is 17.7 Å². The zero-order chi connectivity index (χ0) is 16.8. The molecule has 1 saturated heterocycles. The third-order valence-electron chi connectivity index (χ3n) is 4.18. The maximum atomic E-state index is 12.2. The van der Waals surface area contributed by atoms with Gasteiger partial charge in [0.25, 0.3) is 0 Å². The van der Waals surface area contributed by atoms with Crippen LogP contribution < -0.4 is 10.6 Å². The van der Waals surface area contributed by atoms with E-state index in [9.17, 15) is 4.79 Å². The van der Waals surface area contributed by atoms with Crippen LogP contribution in [0.4, 0.5) is 10.5 Å². The van der Waals surface area contributed by atoms with Crippen molar-refractivity contribution >= 4 is 23.1 Å². The number of rotatable bonds is 5. The zero-order valence-electron chi connectivity index (χ0n) is 13.8. The molecule has 24 heavy (non-hydrogen) atoms. The minimum Gasteiger partial charge on any atom is -0.379 e. The first kappa shape index (κ1) is 17.0. The van der Waals surface area contributed by atoms with E-state index >= 15 is 0 Å². The normalized spacial score (nSPS) is 16.5. The molecule has 1 aliphatic rings. The Morgan fingerprint density at radius 2 is 2.00 bits per heavy atom. The van der Waals surface area contributed by atoms with E-state index in [0.717, 1.165) is 32.0 Å². The number of benzene rings is 1. The molecule has 0 saturated carbocycles. The van der Waals surface area contributed by atoms with Gasteiger partial charge in [0.15, 0.2) is 0 Å². The van der Waals surface area contributed by atoms with Crippen LogP contribution in [0.25, 0.3) is 0 Å². The Bertz CT molecular complexity index is 637. The molecule has 0 bridgehead atoms. The maximum absolute atomic E-state index is 12.2. The molecule has 2 amide bonds. The highest BCUT2D eigenvalue weighted by molar-refractivity contribution is 7.07. The van der Waals surface area contributed by atoms with Crippen molar-refractivity contribution in [3.05, 3.63) is 52.2 Å². The number of aryl methyl sites for hydroxylation is 1. The number of carbonyl (C=O) groups is 1. The second kappa shape index (κ2) is 8.28. The zero-order valence-corrected chi connectivity index (χ0v) is 14.6. The molecule has 1 aromatic heterocycles. The highest BCUT2D eigenvalue weighted by atomic mass is 32.1. The summed E-state index contributed by atoms with van der Waals surface area (Å²) in [4.78, 5) is 14.6. The van der Waals surface area contributed by atoms with Crippen molar-refractivity contribution in [1.82, 2.24) is 10.2 Å². The first-order valence-corrected chi connectivity index (χ1v) is 9.12. The lowest BCUT2D eigenvalue weighted by Gasteiger charge is -2.34. The SMILES string of the molecule is Cc1ccc(NC(=O)NC[C@H](c2ccsc2)N2CCOCC2)cc1. The number of hydrogen-bond acceptors (Lipinski definition) is 4. The molecule has 0 aliphatic carbocycles. The van der Waals surface area contributed by atoms with E-state index in [1.807, 2.05) is 31.2 Å². The third-order valence-corrected chi connectivity index (χ3v) is 4.88. The van der Waals surface area contributed by atoms with Crippen LogP contribution in [0.2, 0.25) is 0 Å². The first-order valence-electron chi connectivity index (χ1n) is 8.18. The molecule has 5 nitrogen and oxygen atoms in total. The van der Waals surface area contributed by atoms with Crippen molar-refractivity contribution in [1.29, 1.82) is 0 Å². The summed E-state index contributed by atoms with van der Waals surface area (Å²) in [5, 5.41) is 10.1. The van der Waals surface area contributed by atoms with Crippen LogP contribution in [-0.2, 0) is 4.74 Å². The number of thiophene rings is 1. The Morgan fingerprint density at radius 3 is 2.67 bits per heavy atom. The number of hydrogen-bond donors (Lipinski definition) is 2. The molecule has 0 spiro atoms. The summed E-state index contributed by atoms with van der Waals surface area (Å²) in [7, 11) is 0. The number of nitrogens with zero attached hydrogens (tertiary/aromatic N) is 1. The Hall–Kier alpha value is -1.89. The van der Waals surface area contributed by atoms with E-state index in [0.29, 0.717) is 6.54 Å². The first-order chi connectivity index (χ1) is 11.7. The largest absolute Gasteiger partial charge is 0.379 e. The number of urea groups is 1. The lowest BCUT2D eigenvalue weighted by molar-refractivity contribution is 0.0168. The van der Waals surface area contributed by atoms with Crippen molar-refractivity contribution in [2.45, 2.75) is 13.0 Å². The molecular weight excluding hydrogens is 322 g/mol. The highest BCUT2D eigenvalue weighted by Crippen LogP contribution is 2.23. The molecule has 1 atom stereocenters.